The van der Waals surface area contributed by atoms with Gasteiger partial charge in [0.15, 0.2) is 0 Å². The predicted octanol–water partition coefficient (Wildman–Crippen LogP) is 0.763. The van der Waals surface area contributed by atoms with Crippen LogP contribution in [0.4, 0.5) is 0 Å². The molecule has 5 heteroatoms. The summed E-state index contributed by atoms with van der Waals surface area (Å²) in [6.45, 7) is 2.78. The molecule has 1 aliphatic carbocycles. The van der Waals surface area contributed by atoms with Gasteiger partial charge in [-0.15, -0.1) is 0 Å². The van der Waals surface area contributed by atoms with Crippen molar-refractivity contribution in [3.05, 3.63) is 0 Å². The van der Waals surface area contributed by atoms with E-state index in [1.807, 2.05) is 0 Å². The SMILES string of the molecule is CCC(COC)NC(=NC1CCCC1)NN. The number of methoxy groups -OCH3 is 1. The van der Waals surface area contributed by atoms with Gasteiger partial charge >= 0.3 is 0 Å². The van der Waals surface area contributed by atoms with Crippen molar-refractivity contribution in [1.29, 1.82) is 0 Å². The number of hydrogen-bond acceptors (Lipinski definition) is 3. The molecule has 94 valence electrons. The topological polar surface area (TPSA) is 71.7 Å². The van der Waals surface area contributed by atoms with Gasteiger partial charge in [0.25, 0.3) is 0 Å². The van der Waals surface area contributed by atoms with E-state index >= 15 is 0 Å². The van der Waals surface area contributed by atoms with E-state index in [1.165, 1.54) is 25.7 Å². The summed E-state index contributed by atoms with van der Waals surface area (Å²) < 4.78 is 5.12. The van der Waals surface area contributed by atoms with Gasteiger partial charge in [0.1, 0.15) is 0 Å². The molecule has 4 N–H and O–H groups in total. The molecule has 0 spiro atoms. The zero-order valence-corrected chi connectivity index (χ0v) is 10.3. The van der Waals surface area contributed by atoms with Gasteiger partial charge in [0, 0.05) is 7.11 Å². The van der Waals surface area contributed by atoms with E-state index in [4.69, 9.17) is 10.6 Å². The standard InChI is InChI=1S/C11H24N4O/c1-3-9(8-16-2)13-11(15-12)14-10-6-4-5-7-10/h9-10H,3-8,12H2,1-2H3,(H2,13,14,15). The summed E-state index contributed by atoms with van der Waals surface area (Å²) in [6, 6.07) is 0.694. The lowest BCUT2D eigenvalue weighted by atomic mass is 10.2. The quantitative estimate of drug-likeness (QED) is 0.281. The minimum atomic E-state index is 0.265. The van der Waals surface area contributed by atoms with Crippen molar-refractivity contribution in [1.82, 2.24) is 10.7 Å². The largest absolute Gasteiger partial charge is 0.383 e. The van der Waals surface area contributed by atoms with Gasteiger partial charge < -0.3 is 10.1 Å². The summed E-state index contributed by atoms with van der Waals surface area (Å²) in [6.07, 6.45) is 5.89. The molecule has 0 heterocycles. The highest BCUT2D eigenvalue weighted by Gasteiger charge is 2.15. The molecule has 0 amide bonds. The smallest absolute Gasteiger partial charge is 0.206 e. The third kappa shape index (κ3) is 4.37. The van der Waals surface area contributed by atoms with Crippen molar-refractivity contribution in [2.24, 2.45) is 10.8 Å². The van der Waals surface area contributed by atoms with Crippen LogP contribution in [0.1, 0.15) is 39.0 Å². The van der Waals surface area contributed by atoms with E-state index in [9.17, 15) is 0 Å². The van der Waals surface area contributed by atoms with Crippen LogP contribution in [0.25, 0.3) is 0 Å². The maximum atomic E-state index is 5.47. The van der Waals surface area contributed by atoms with Crippen molar-refractivity contribution < 1.29 is 4.74 Å². The van der Waals surface area contributed by atoms with Crippen LogP contribution < -0.4 is 16.6 Å². The fourth-order valence-electron chi connectivity index (χ4n) is 1.99. The van der Waals surface area contributed by atoms with E-state index in [-0.39, 0.29) is 6.04 Å². The second-order valence-corrected chi connectivity index (χ2v) is 4.27. The molecule has 1 aliphatic rings. The molecule has 0 aromatic heterocycles. The van der Waals surface area contributed by atoms with E-state index in [0.29, 0.717) is 18.6 Å². The van der Waals surface area contributed by atoms with E-state index in [0.717, 1.165) is 6.42 Å². The molecular formula is C11H24N4O. The summed E-state index contributed by atoms with van der Waals surface area (Å²) in [5.74, 6) is 6.16. The average molecular weight is 228 g/mol. The second kappa shape index (κ2) is 7.46. The third-order valence-electron chi connectivity index (χ3n) is 2.97. The minimum absolute atomic E-state index is 0.265. The Balaban J connectivity index is 2.45. The van der Waals surface area contributed by atoms with Gasteiger partial charge in [-0.1, -0.05) is 19.8 Å². The van der Waals surface area contributed by atoms with E-state index < -0.39 is 0 Å². The van der Waals surface area contributed by atoms with Crippen LogP contribution in [0.15, 0.2) is 4.99 Å². The van der Waals surface area contributed by atoms with Crippen LogP contribution in [-0.2, 0) is 4.74 Å². The summed E-state index contributed by atoms with van der Waals surface area (Å²) in [5, 5.41) is 3.27. The van der Waals surface area contributed by atoms with E-state index in [2.05, 4.69) is 22.7 Å². The molecule has 1 rings (SSSR count). The molecule has 5 nitrogen and oxygen atoms in total. The molecule has 0 aromatic rings. The molecular weight excluding hydrogens is 204 g/mol. The van der Waals surface area contributed by atoms with Gasteiger partial charge in [-0.05, 0) is 19.3 Å². The van der Waals surface area contributed by atoms with Crippen LogP contribution in [-0.4, -0.2) is 31.8 Å². The average Bonchev–Trinajstić information content (AvgIpc) is 2.80. The maximum absolute atomic E-state index is 5.47. The lowest BCUT2D eigenvalue weighted by molar-refractivity contribution is 0.171. The zero-order chi connectivity index (χ0) is 11.8. The number of nitrogens with two attached hydrogens (primary N) is 1. The Morgan fingerprint density at radius 2 is 2.19 bits per heavy atom. The van der Waals surface area contributed by atoms with Crippen LogP contribution in [0.5, 0.6) is 0 Å². The van der Waals surface area contributed by atoms with Gasteiger partial charge in [-0.2, -0.15) is 0 Å². The Labute approximate surface area is 97.8 Å². The number of hydrogen-bond donors (Lipinski definition) is 3. The van der Waals surface area contributed by atoms with Crippen molar-refractivity contribution in [2.75, 3.05) is 13.7 Å². The third-order valence-corrected chi connectivity index (χ3v) is 2.97. The first kappa shape index (κ1) is 13.3. The summed E-state index contributed by atoms with van der Waals surface area (Å²) in [7, 11) is 1.70. The highest BCUT2D eigenvalue weighted by atomic mass is 16.5. The monoisotopic (exact) mass is 228 g/mol. The molecule has 1 saturated carbocycles. The van der Waals surface area contributed by atoms with Gasteiger partial charge in [0.2, 0.25) is 5.96 Å². The van der Waals surface area contributed by atoms with Crippen LogP contribution >= 0.6 is 0 Å². The Hall–Kier alpha value is -0.810. The first-order valence-electron chi connectivity index (χ1n) is 6.10. The number of nitrogens with one attached hydrogen (secondary N) is 2. The first-order chi connectivity index (χ1) is 7.80. The van der Waals surface area contributed by atoms with Crippen LogP contribution in [0, 0.1) is 0 Å². The first-order valence-corrected chi connectivity index (χ1v) is 6.10. The lowest BCUT2D eigenvalue weighted by Crippen LogP contribution is -2.48. The summed E-state index contributed by atoms with van der Waals surface area (Å²) in [5.41, 5.74) is 2.64. The minimum Gasteiger partial charge on any atom is -0.383 e. The van der Waals surface area contributed by atoms with Crippen molar-refractivity contribution in [2.45, 2.75) is 51.1 Å². The fourth-order valence-corrected chi connectivity index (χ4v) is 1.99. The Kier molecular flexibility index (Phi) is 6.18. The fraction of sp³-hybridized carbons (Fsp3) is 0.909. The number of guanidine groups is 1. The molecule has 0 aliphatic heterocycles. The zero-order valence-electron chi connectivity index (χ0n) is 10.3. The predicted molar refractivity (Wildman–Crippen MR) is 66.1 cm³/mol. The Bertz CT molecular complexity index is 214. The normalized spacial score (nSPS) is 19.8. The molecule has 0 aromatic carbocycles. The number of aliphatic imine (C=N–C) groups is 1. The number of hydrazine groups is 1. The highest BCUT2D eigenvalue weighted by Crippen LogP contribution is 2.20. The molecule has 1 fully saturated rings. The van der Waals surface area contributed by atoms with Crippen LogP contribution in [0.3, 0.4) is 0 Å². The molecule has 0 saturated heterocycles. The van der Waals surface area contributed by atoms with Gasteiger partial charge in [-0.25, -0.2) is 10.8 Å². The van der Waals surface area contributed by atoms with Crippen molar-refractivity contribution >= 4 is 5.96 Å². The van der Waals surface area contributed by atoms with E-state index in [1.54, 1.807) is 7.11 Å². The Morgan fingerprint density at radius 3 is 2.69 bits per heavy atom. The number of rotatable bonds is 5. The van der Waals surface area contributed by atoms with Gasteiger partial charge in [-0.3, -0.25) is 5.43 Å². The molecule has 0 bridgehead atoms. The number of nitrogens with zero attached hydrogens (tertiary/aromatic N) is 1. The van der Waals surface area contributed by atoms with Crippen LogP contribution in [0.2, 0.25) is 0 Å². The molecule has 0 radical (unpaired) electrons. The summed E-state index contributed by atoms with van der Waals surface area (Å²) in [4.78, 5) is 4.58. The molecule has 1 atom stereocenters. The number of ether oxygens (including phenoxy) is 1. The van der Waals surface area contributed by atoms with Crippen molar-refractivity contribution in [3.63, 3.8) is 0 Å². The molecule has 16 heavy (non-hydrogen) atoms. The Morgan fingerprint density at radius 1 is 1.50 bits per heavy atom. The molecule has 1 unspecified atom stereocenters. The van der Waals surface area contributed by atoms with Gasteiger partial charge in [0.05, 0.1) is 18.7 Å². The lowest BCUT2D eigenvalue weighted by Gasteiger charge is -2.19. The maximum Gasteiger partial charge on any atom is 0.206 e. The van der Waals surface area contributed by atoms with Crippen molar-refractivity contribution in [3.8, 4) is 0 Å². The summed E-state index contributed by atoms with van der Waals surface area (Å²) >= 11 is 0. The highest BCUT2D eigenvalue weighted by molar-refractivity contribution is 5.79. The second-order valence-electron chi connectivity index (χ2n) is 4.27.